The molecule has 1 aromatic heterocycles. The molecule has 0 aliphatic carbocycles. The largest absolute Gasteiger partial charge is 0.324 e. The molecule has 5 rings (SSSR count). The molecule has 0 bridgehead atoms. The Balaban J connectivity index is 1.67. The number of rotatable bonds is 3. The summed E-state index contributed by atoms with van der Waals surface area (Å²) in [6.07, 6.45) is 0.104. The third-order valence-electron chi connectivity index (χ3n) is 5.24. The molecule has 3 aromatic carbocycles. The van der Waals surface area contributed by atoms with Crippen LogP contribution < -0.4 is 11.0 Å². The number of anilines is 1. The van der Waals surface area contributed by atoms with Crippen molar-refractivity contribution in [1.82, 2.24) is 9.97 Å². The van der Waals surface area contributed by atoms with Gasteiger partial charge in [0.15, 0.2) is 0 Å². The van der Waals surface area contributed by atoms with Crippen molar-refractivity contribution in [3.8, 4) is 0 Å². The van der Waals surface area contributed by atoms with Crippen LogP contribution >= 0.6 is 11.6 Å². The van der Waals surface area contributed by atoms with Crippen LogP contribution in [0.25, 0.3) is 11.0 Å². The monoisotopic (exact) mass is 434 g/mol. The minimum absolute atomic E-state index is 0.104. The number of amides is 1. The number of carbonyl (C=O) groups excluding carboxylic acids is 1. The van der Waals surface area contributed by atoms with Gasteiger partial charge in [0.05, 0.1) is 22.4 Å². The summed E-state index contributed by atoms with van der Waals surface area (Å²) >= 11 is 6.23. The van der Waals surface area contributed by atoms with Crippen molar-refractivity contribution in [2.24, 2.45) is 4.99 Å². The van der Waals surface area contributed by atoms with Crippen LogP contribution in [0.2, 0.25) is 5.02 Å². The highest BCUT2D eigenvalue weighted by Crippen LogP contribution is 2.29. The maximum absolute atomic E-state index is 14.3. The SMILES string of the molecule is O=C1Nc2ccc(Cl)cc2C(c2ccc3[nH]c(=O)[nH]c3c2)=NC1Cc1ccccc1F. The Hall–Kier alpha value is -3.71. The van der Waals surface area contributed by atoms with Gasteiger partial charge in [0.25, 0.3) is 0 Å². The lowest BCUT2D eigenvalue weighted by Gasteiger charge is -2.12. The Labute approximate surface area is 180 Å². The van der Waals surface area contributed by atoms with Gasteiger partial charge >= 0.3 is 5.69 Å². The summed E-state index contributed by atoms with van der Waals surface area (Å²) in [6.45, 7) is 0. The molecule has 2 heterocycles. The number of hydrogen-bond donors (Lipinski definition) is 3. The number of aromatic nitrogens is 2. The van der Waals surface area contributed by atoms with E-state index >= 15 is 0 Å². The van der Waals surface area contributed by atoms with Gasteiger partial charge in [-0.2, -0.15) is 0 Å². The smallest absolute Gasteiger partial charge is 0.323 e. The number of imidazole rings is 1. The molecule has 1 aliphatic heterocycles. The van der Waals surface area contributed by atoms with E-state index in [1.807, 2.05) is 6.07 Å². The zero-order valence-electron chi connectivity index (χ0n) is 16.1. The number of benzodiazepines with no additional fused rings is 1. The van der Waals surface area contributed by atoms with Crippen LogP contribution in [-0.2, 0) is 11.2 Å². The molecule has 1 atom stereocenters. The van der Waals surface area contributed by atoms with E-state index in [0.29, 0.717) is 44.1 Å². The quantitative estimate of drug-likeness (QED) is 0.454. The standard InChI is InChI=1S/C23H16ClFN4O2/c24-14-6-8-17-15(11-14)21(13-5-7-18-19(10-13)29-23(31)28-18)26-20(22(30)27-17)9-12-3-1-2-4-16(12)25/h1-8,10-11,20H,9H2,(H,27,30)(H2,28,29,31). The topological polar surface area (TPSA) is 90.1 Å². The summed E-state index contributed by atoms with van der Waals surface area (Å²) in [7, 11) is 0. The van der Waals surface area contributed by atoms with Gasteiger partial charge in [0.2, 0.25) is 5.91 Å². The molecule has 154 valence electrons. The fourth-order valence-corrected chi connectivity index (χ4v) is 3.91. The van der Waals surface area contributed by atoms with Crippen molar-refractivity contribution in [2.45, 2.75) is 12.5 Å². The number of H-pyrrole nitrogens is 2. The van der Waals surface area contributed by atoms with Crippen LogP contribution in [0.15, 0.2) is 70.5 Å². The molecule has 0 saturated carbocycles. The molecule has 0 fully saturated rings. The van der Waals surface area contributed by atoms with E-state index in [4.69, 9.17) is 16.6 Å². The zero-order valence-corrected chi connectivity index (χ0v) is 16.8. The number of halogens is 2. The van der Waals surface area contributed by atoms with Crippen LogP contribution in [0.1, 0.15) is 16.7 Å². The fourth-order valence-electron chi connectivity index (χ4n) is 3.74. The number of fused-ring (bicyclic) bond motifs is 2. The predicted octanol–water partition coefficient (Wildman–Crippen LogP) is 4.05. The first-order chi connectivity index (χ1) is 15.0. The van der Waals surface area contributed by atoms with Gasteiger partial charge in [-0.3, -0.25) is 9.79 Å². The Morgan fingerprint density at radius 3 is 2.61 bits per heavy atom. The summed E-state index contributed by atoms with van der Waals surface area (Å²) < 4.78 is 14.3. The van der Waals surface area contributed by atoms with E-state index in [-0.39, 0.29) is 23.8 Å². The first-order valence-electron chi connectivity index (χ1n) is 9.62. The average molecular weight is 435 g/mol. The molecule has 0 spiro atoms. The van der Waals surface area contributed by atoms with Gasteiger partial charge in [-0.25, -0.2) is 9.18 Å². The van der Waals surface area contributed by atoms with Gasteiger partial charge < -0.3 is 15.3 Å². The molecular formula is C23H16ClFN4O2. The lowest BCUT2D eigenvalue weighted by atomic mass is 10.00. The van der Waals surface area contributed by atoms with Crippen molar-refractivity contribution in [1.29, 1.82) is 0 Å². The van der Waals surface area contributed by atoms with Crippen molar-refractivity contribution in [2.75, 3.05) is 5.32 Å². The molecule has 1 unspecified atom stereocenters. The van der Waals surface area contributed by atoms with Crippen molar-refractivity contribution < 1.29 is 9.18 Å². The second kappa shape index (κ2) is 7.52. The highest BCUT2D eigenvalue weighted by Gasteiger charge is 2.27. The number of aliphatic imine (C=N–C) groups is 1. The molecule has 1 amide bonds. The molecule has 8 heteroatoms. The minimum Gasteiger partial charge on any atom is -0.324 e. The fraction of sp³-hybridized carbons (Fsp3) is 0.0870. The van der Waals surface area contributed by atoms with Gasteiger partial charge in [-0.05, 0) is 42.0 Å². The van der Waals surface area contributed by atoms with E-state index in [1.54, 1.807) is 48.5 Å². The average Bonchev–Trinajstić information content (AvgIpc) is 3.06. The Kier molecular flexibility index (Phi) is 4.67. The summed E-state index contributed by atoms with van der Waals surface area (Å²) in [4.78, 5) is 34.8. The molecule has 0 saturated heterocycles. The highest BCUT2D eigenvalue weighted by molar-refractivity contribution is 6.32. The molecule has 4 aromatic rings. The Morgan fingerprint density at radius 1 is 0.968 bits per heavy atom. The van der Waals surface area contributed by atoms with E-state index < -0.39 is 6.04 Å². The maximum Gasteiger partial charge on any atom is 0.323 e. The summed E-state index contributed by atoms with van der Waals surface area (Å²) in [5, 5.41) is 3.37. The van der Waals surface area contributed by atoms with E-state index in [2.05, 4.69) is 15.3 Å². The second-order valence-electron chi connectivity index (χ2n) is 7.31. The summed E-state index contributed by atoms with van der Waals surface area (Å²) in [6, 6.07) is 16.0. The van der Waals surface area contributed by atoms with Gasteiger partial charge in [-0.15, -0.1) is 0 Å². The lowest BCUT2D eigenvalue weighted by Crippen LogP contribution is -2.28. The third kappa shape index (κ3) is 3.64. The number of hydrogen-bond acceptors (Lipinski definition) is 3. The number of nitrogens with zero attached hydrogens (tertiary/aromatic N) is 1. The van der Waals surface area contributed by atoms with Gasteiger partial charge in [0.1, 0.15) is 11.9 Å². The van der Waals surface area contributed by atoms with E-state index in [0.717, 1.165) is 0 Å². The van der Waals surface area contributed by atoms with E-state index in [9.17, 15) is 14.0 Å². The molecule has 6 nitrogen and oxygen atoms in total. The summed E-state index contributed by atoms with van der Waals surface area (Å²) in [5.74, 6) is -0.721. The Bertz CT molecular complexity index is 1420. The predicted molar refractivity (Wildman–Crippen MR) is 119 cm³/mol. The van der Waals surface area contributed by atoms with Crippen molar-refractivity contribution >= 4 is 39.9 Å². The Morgan fingerprint density at radius 2 is 1.77 bits per heavy atom. The normalized spacial score (nSPS) is 15.9. The summed E-state index contributed by atoms with van der Waals surface area (Å²) in [5.41, 5.74) is 3.80. The number of benzene rings is 3. The molecule has 31 heavy (non-hydrogen) atoms. The minimum atomic E-state index is -0.848. The van der Waals surface area contributed by atoms with Crippen LogP contribution in [0.5, 0.6) is 0 Å². The van der Waals surface area contributed by atoms with Gasteiger partial charge in [-0.1, -0.05) is 35.9 Å². The van der Waals surface area contributed by atoms with Crippen LogP contribution in [0.3, 0.4) is 0 Å². The maximum atomic E-state index is 14.3. The first-order valence-corrected chi connectivity index (χ1v) is 10.00. The van der Waals surface area contributed by atoms with Crippen molar-refractivity contribution in [3.63, 3.8) is 0 Å². The van der Waals surface area contributed by atoms with E-state index in [1.165, 1.54) is 6.07 Å². The van der Waals surface area contributed by atoms with Gasteiger partial charge in [0, 0.05) is 22.6 Å². The molecule has 0 radical (unpaired) electrons. The third-order valence-corrected chi connectivity index (χ3v) is 5.48. The van der Waals surface area contributed by atoms with Crippen LogP contribution in [0, 0.1) is 5.82 Å². The lowest BCUT2D eigenvalue weighted by molar-refractivity contribution is -0.117. The number of carbonyl (C=O) groups is 1. The molecule has 1 aliphatic rings. The number of nitrogens with one attached hydrogen (secondary N) is 3. The number of aromatic amines is 2. The molecule has 3 N–H and O–H groups in total. The zero-order chi connectivity index (χ0) is 21.5. The van der Waals surface area contributed by atoms with Crippen molar-refractivity contribution in [3.05, 3.63) is 98.7 Å². The van der Waals surface area contributed by atoms with Crippen LogP contribution in [0.4, 0.5) is 10.1 Å². The highest BCUT2D eigenvalue weighted by atomic mass is 35.5. The second-order valence-corrected chi connectivity index (χ2v) is 7.74. The van der Waals surface area contributed by atoms with Crippen LogP contribution in [-0.4, -0.2) is 27.6 Å². The molecular weight excluding hydrogens is 419 g/mol. The first kappa shape index (κ1) is 19.3.